The number of carboxylic acid groups (broad SMARTS) is 1. The van der Waals surface area contributed by atoms with Crippen LogP contribution in [-0.2, 0) is 28.6 Å². The molecular weight excluding hydrogens is 851 g/mol. The summed E-state index contributed by atoms with van der Waals surface area (Å²) < 4.78 is 17.3. The summed E-state index contributed by atoms with van der Waals surface area (Å²) in [5.74, 6) is -5.29. The lowest BCUT2D eigenvalue weighted by atomic mass is 9.86. The first-order valence-corrected chi connectivity index (χ1v) is 24.4. The quantitative estimate of drug-likeness (QED) is 0.180. The predicted octanol–water partition coefficient (Wildman–Crippen LogP) is 2.12. The lowest BCUT2D eigenvalue weighted by Crippen LogP contribution is -2.61. The molecular formula is C47H87NO17. The van der Waals surface area contributed by atoms with E-state index in [1.807, 2.05) is 13.8 Å². The standard InChI is InChI=1S/C47H87NO17/c1-27-17-15-13-11-9-7-5-6-8-10-12-14-16-18-35(65-47-45(60)42(48)44(59)30(4)64-47)26-39(56)41(46(61)62)38(55)24-34(52)23-37(54)36(53)20-19-31(49)21-32(50)22-33(51)25-40(57)63-29(3)28(2)43(27)58/h27-33,35-39,41-45,47,49-51,53-56,58-60H,5-26,48H2,1-4H3,(H,61,62)/t27-,28-,29-,30-,31+,32+,33+,35+,36-,37+,38-,39+,41-,42+,43-,44+,45+,47+/m1/s1. The first-order valence-electron chi connectivity index (χ1n) is 24.4. The highest BCUT2D eigenvalue weighted by molar-refractivity contribution is 5.81. The number of rotatable bonds is 3. The van der Waals surface area contributed by atoms with Crippen LogP contribution in [0.25, 0.3) is 0 Å². The minimum atomic E-state index is -1.89. The highest BCUT2D eigenvalue weighted by Gasteiger charge is 2.43. The number of Topliss-reactive ketones (excluding diaryl/α,β-unsaturated/α-hetero) is 1. The van der Waals surface area contributed by atoms with Crippen LogP contribution in [-0.4, -0.2) is 166 Å². The number of hydrogen-bond acceptors (Lipinski definition) is 17. The van der Waals surface area contributed by atoms with Crippen LogP contribution in [0.4, 0.5) is 0 Å². The summed E-state index contributed by atoms with van der Waals surface area (Å²) in [5.41, 5.74) is 6.00. The van der Waals surface area contributed by atoms with E-state index >= 15 is 0 Å². The van der Waals surface area contributed by atoms with E-state index in [0.29, 0.717) is 12.8 Å². The van der Waals surface area contributed by atoms with Gasteiger partial charge in [0.15, 0.2) is 6.29 Å². The second-order valence-electron chi connectivity index (χ2n) is 19.4. The Morgan fingerprint density at radius 2 is 1.08 bits per heavy atom. The SMILES string of the molecule is C[C@H]1[C@H](O)[C@H](C)CCCCCCCCCCCCCC[C@H](O[C@@H]2O[C@H](C)[C@H](O)[C@H](N)[C@@H]2O)C[C@H](O)[C@H](C(=O)O)[C@H](O)CC(=O)C[C@H](O)[C@H](O)CC[C@H](O)C[C@H](O)C[C@H](O)CC(=O)O[C@@H]1C. The third-order valence-corrected chi connectivity index (χ3v) is 13.6. The van der Waals surface area contributed by atoms with Gasteiger partial charge in [-0.05, 0) is 58.3 Å². The molecule has 18 nitrogen and oxygen atoms in total. The summed E-state index contributed by atoms with van der Waals surface area (Å²) in [4.78, 5) is 37.9. The number of carbonyl (C=O) groups is 3. The van der Waals surface area contributed by atoms with Gasteiger partial charge in [-0.3, -0.25) is 14.4 Å². The molecule has 0 aromatic rings. The molecule has 2 saturated heterocycles. The number of aliphatic carboxylic acids is 1. The fourth-order valence-electron chi connectivity index (χ4n) is 9.04. The Morgan fingerprint density at radius 3 is 1.65 bits per heavy atom. The summed E-state index contributed by atoms with van der Waals surface area (Å²) >= 11 is 0. The third-order valence-electron chi connectivity index (χ3n) is 13.6. The van der Waals surface area contributed by atoms with Crippen molar-refractivity contribution in [2.45, 2.75) is 261 Å². The van der Waals surface area contributed by atoms with Crippen molar-refractivity contribution < 1.29 is 84.8 Å². The molecule has 18 atom stereocenters. The van der Waals surface area contributed by atoms with E-state index in [2.05, 4.69) is 0 Å². The number of carbonyl (C=O) groups excluding carboxylic acids is 2. The molecule has 382 valence electrons. The summed E-state index contributed by atoms with van der Waals surface area (Å²) in [6, 6.07) is -1.09. The molecule has 0 radical (unpaired) electrons. The van der Waals surface area contributed by atoms with Gasteiger partial charge in [0, 0.05) is 25.2 Å². The minimum Gasteiger partial charge on any atom is -0.481 e. The summed E-state index contributed by atoms with van der Waals surface area (Å²) in [5, 5.41) is 117. The fourth-order valence-corrected chi connectivity index (χ4v) is 9.04. The molecule has 0 amide bonds. The number of cyclic esters (lactones) is 1. The van der Waals surface area contributed by atoms with Gasteiger partial charge in [-0.1, -0.05) is 90.9 Å². The van der Waals surface area contributed by atoms with Crippen LogP contribution in [0.3, 0.4) is 0 Å². The number of ketones is 1. The van der Waals surface area contributed by atoms with Crippen LogP contribution >= 0.6 is 0 Å². The average Bonchev–Trinajstić information content (AvgIpc) is 3.22. The second kappa shape index (κ2) is 31.3. The van der Waals surface area contributed by atoms with Crippen molar-refractivity contribution >= 4 is 17.7 Å². The Bertz CT molecular complexity index is 1330. The van der Waals surface area contributed by atoms with Crippen LogP contribution in [0.15, 0.2) is 0 Å². The lowest BCUT2D eigenvalue weighted by Gasteiger charge is -2.41. The largest absolute Gasteiger partial charge is 0.481 e. The predicted molar refractivity (Wildman–Crippen MR) is 239 cm³/mol. The monoisotopic (exact) mass is 938 g/mol. The first-order chi connectivity index (χ1) is 30.6. The average molecular weight is 938 g/mol. The molecule has 13 N–H and O–H groups in total. The van der Waals surface area contributed by atoms with Crippen molar-refractivity contribution in [3.63, 3.8) is 0 Å². The lowest BCUT2D eigenvalue weighted by molar-refractivity contribution is -0.283. The Hall–Kier alpha value is -1.91. The molecule has 2 heterocycles. The Balaban J connectivity index is 2.11. The number of aliphatic hydroxyl groups is 10. The molecule has 65 heavy (non-hydrogen) atoms. The highest BCUT2D eigenvalue weighted by atomic mass is 16.7. The van der Waals surface area contributed by atoms with Gasteiger partial charge in [0.25, 0.3) is 0 Å². The molecule has 18 heteroatoms. The van der Waals surface area contributed by atoms with Gasteiger partial charge in [-0.15, -0.1) is 0 Å². The molecule has 0 unspecified atom stereocenters. The molecule has 2 aliphatic heterocycles. The topological polar surface area (TPSA) is 327 Å². The van der Waals surface area contributed by atoms with Crippen molar-refractivity contribution in [3.05, 3.63) is 0 Å². The zero-order valence-corrected chi connectivity index (χ0v) is 39.4. The van der Waals surface area contributed by atoms with E-state index in [0.717, 1.165) is 77.0 Å². The van der Waals surface area contributed by atoms with Gasteiger partial charge in [-0.2, -0.15) is 0 Å². The van der Waals surface area contributed by atoms with Gasteiger partial charge in [0.2, 0.25) is 0 Å². The molecule has 2 fully saturated rings. The second-order valence-corrected chi connectivity index (χ2v) is 19.4. The number of ether oxygens (including phenoxy) is 3. The van der Waals surface area contributed by atoms with E-state index in [1.165, 1.54) is 0 Å². The molecule has 2 aliphatic rings. The van der Waals surface area contributed by atoms with Crippen LogP contribution < -0.4 is 5.73 Å². The molecule has 0 bridgehead atoms. The number of nitrogens with two attached hydrogens (primary N) is 1. The first kappa shape index (κ1) is 59.2. The molecule has 2 rings (SSSR count). The van der Waals surface area contributed by atoms with Gasteiger partial charge >= 0.3 is 11.9 Å². The Labute approximate surface area is 385 Å². The Morgan fingerprint density at radius 1 is 0.554 bits per heavy atom. The van der Waals surface area contributed by atoms with E-state index in [4.69, 9.17) is 19.9 Å². The molecule has 0 saturated carbocycles. The maximum absolute atomic E-state index is 12.9. The zero-order valence-electron chi connectivity index (χ0n) is 39.4. The number of carboxylic acids is 1. The maximum atomic E-state index is 12.9. The van der Waals surface area contributed by atoms with E-state index < -0.39 is 135 Å². The van der Waals surface area contributed by atoms with Crippen molar-refractivity contribution in [2.75, 3.05) is 0 Å². The highest BCUT2D eigenvalue weighted by Crippen LogP contribution is 2.28. The molecule has 0 spiro atoms. The summed E-state index contributed by atoms with van der Waals surface area (Å²) in [7, 11) is 0. The van der Waals surface area contributed by atoms with Gasteiger partial charge < -0.3 is 76.1 Å². The number of hydrogen-bond donors (Lipinski definition) is 12. The van der Waals surface area contributed by atoms with Crippen LogP contribution in [0, 0.1) is 17.8 Å². The van der Waals surface area contributed by atoms with Crippen molar-refractivity contribution in [2.24, 2.45) is 23.5 Å². The normalized spacial score (nSPS) is 41.0. The van der Waals surface area contributed by atoms with Gasteiger partial charge in [0.05, 0.1) is 79.6 Å². The van der Waals surface area contributed by atoms with Crippen molar-refractivity contribution in [1.82, 2.24) is 0 Å². The smallest absolute Gasteiger partial charge is 0.311 e. The van der Waals surface area contributed by atoms with Crippen molar-refractivity contribution in [3.8, 4) is 0 Å². The van der Waals surface area contributed by atoms with E-state index in [9.17, 15) is 70.6 Å². The molecule has 0 aromatic heterocycles. The fraction of sp³-hybridized carbons (Fsp3) is 0.936. The van der Waals surface area contributed by atoms with E-state index in [1.54, 1.807) is 13.8 Å². The van der Waals surface area contributed by atoms with Crippen LogP contribution in [0.1, 0.15) is 169 Å². The third kappa shape index (κ3) is 22.4. The van der Waals surface area contributed by atoms with Crippen LogP contribution in [0.2, 0.25) is 0 Å². The van der Waals surface area contributed by atoms with E-state index in [-0.39, 0.29) is 43.9 Å². The zero-order chi connectivity index (χ0) is 48.8. The van der Waals surface area contributed by atoms with Gasteiger partial charge in [0.1, 0.15) is 23.9 Å². The molecule has 0 aliphatic carbocycles. The van der Waals surface area contributed by atoms with Gasteiger partial charge in [-0.25, -0.2) is 0 Å². The molecule has 0 aromatic carbocycles. The summed E-state index contributed by atoms with van der Waals surface area (Å²) in [6.45, 7) is 7.06. The van der Waals surface area contributed by atoms with Crippen molar-refractivity contribution in [1.29, 1.82) is 0 Å². The summed E-state index contributed by atoms with van der Waals surface area (Å²) in [6.07, 6.45) is -7.08. The van der Waals surface area contributed by atoms with Crippen LogP contribution in [0.5, 0.6) is 0 Å². The number of aliphatic hydroxyl groups excluding tert-OH is 10. The Kier molecular flexibility index (Phi) is 28.5. The maximum Gasteiger partial charge on any atom is 0.311 e. The number of esters is 1. The minimum absolute atomic E-state index is 0.00382.